The number of thiophene rings is 1. The summed E-state index contributed by atoms with van der Waals surface area (Å²) in [6, 6.07) is 3.06. The number of nitrogens with one attached hydrogen (secondary N) is 1. The molecule has 20 heavy (non-hydrogen) atoms. The summed E-state index contributed by atoms with van der Waals surface area (Å²) in [6.07, 6.45) is 0. The summed E-state index contributed by atoms with van der Waals surface area (Å²) >= 11 is 0.825. The molecule has 2 rings (SSSR count). The van der Waals surface area contributed by atoms with Crippen molar-refractivity contribution in [1.82, 2.24) is 0 Å². The number of rotatable bonds is 4. The number of carboxylic acid groups (broad SMARTS) is 1. The first-order chi connectivity index (χ1) is 9.29. The van der Waals surface area contributed by atoms with Gasteiger partial charge in [-0.2, -0.15) is 0 Å². The molecule has 2 aromatic rings. The van der Waals surface area contributed by atoms with Crippen LogP contribution >= 0.6 is 11.3 Å². The molecule has 0 saturated heterocycles. The van der Waals surface area contributed by atoms with Crippen molar-refractivity contribution >= 4 is 33.0 Å². The minimum absolute atomic E-state index is 0.160. The molecule has 1 aromatic heterocycles. The second-order valence-corrected chi connectivity index (χ2v) is 6.28. The zero-order chi connectivity index (χ0) is 14.9. The van der Waals surface area contributed by atoms with E-state index < -0.39 is 32.5 Å². The predicted octanol–water partition coefficient (Wildman–Crippen LogP) is 2.53. The summed E-state index contributed by atoms with van der Waals surface area (Å²) in [7, 11) is -4.27. The topological polar surface area (TPSA) is 83.5 Å². The molecule has 0 aliphatic rings. The van der Waals surface area contributed by atoms with Crippen molar-refractivity contribution in [2.75, 3.05) is 4.72 Å². The number of hydrogen-bond donors (Lipinski definition) is 2. The van der Waals surface area contributed by atoms with Gasteiger partial charge in [0.05, 0.1) is 10.6 Å². The highest BCUT2D eigenvalue weighted by atomic mass is 32.2. The Morgan fingerprint density at radius 2 is 1.80 bits per heavy atom. The maximum absolute atomic E-state index is 13.0. The molecule has 0 fully saturated rings. The predicted molar refractivity (Wildman–Crippen MR) is 68.4 cm³/mol. The van der Waals surface area contributed by atoms with Gasteiger partial charge in [0.1, 0.15) is 16.5 Å². The monoisotopic (exact) mass is 319 g/mol. The van der Waals surface area contributed by atoms with Crippen LogP contribution in [0.1, 0.15) is 9.67 Å². The zero-order valence-corrected chi connectivity index (χ0v) is 11.3. The average molecular weight is 319 g/mol. The number of sulfonamides is 1. The van der Waals surface area contributed by atoms with Gasteiger partial charge in [-0.3, -0.25) is 4.72 Å². The third kappa shape index (κ3) is 2.94. The number of benzene rings is 1. The van der Waals surface area contributed by atoms with Crippen LogP contribution in [0, 0.1) is 11.6 Å². The Balaban J connectivity index is 2.41. The van der Waals surface area contributed by atoms with Crippen molar-refractivity contribution in [3.63, 3.8) is 0 Å². The molecule has 0 aliphatic carbocycles. The number of carboxylic acids is 1. The Morgan fingerprint density at radius 3 is 2.35 bits per heavy atom. The van der Waals surface area contributed by atoms with Crippen LogP contribution in [0.15, 0.2) is 34.5 Å². The van der Waals surface area contributed by atoms with Gasteiger partial charge in [0.15, 0.2) is 0 Å². The standard InChI is InChI=1S/C11H7F2NO4S2/c12-6-3-7(13)5-8(4-6)20(17,18)14-9-1-2-19-10(9)11(15)16/h1-5,14H,(H,15,16). The van der Waals surface area contributed by atoms with Gasteiger partial charge in [0.2, 0.25) is 0 Å². The van der Waals surface area contributed by atoms with E-state index in [9.17, 15) is 22.0 Å². The quantitative estimate of drug-likeness (QED) is 0.907. The van der Waals surface area contributed by atoms with E-state index in [1.54, 1.807) is 0 Å². The zero-order valence-electron chi connectivity index (χ0n) is 9.63. The van der Waals surface area contributed by atoms with Gasteiger partial charge < -0.3 is 5.11 Å². The number of halogens is 2. The summed E-state index contributed by atoms with van der Waals surface area (Å²) in [4.78, 5) is 10.0. The van der Waals surface area contributed by atoms with Crippen molar-refractivity contribution in [3.8, 4) is 0 Å². The molecule has 0 atom stereocenters. The molecule has 0 amide bonds. The summed E-state index contributed by atoms with van der Waals surface area (Å²) in [6.45, 7) is 0. The van der Waals surface area contributed by atoms with Crippen molar-refractivity contribution in [1.29, 1.82) is 0 Å². The maximum atomic E-state index is 13.0. The summed E-state index contributed by atoms with van der Waals surface area (Å²) in [5, 5.41) is 10.2. The molecule has 2 N–H and O–H groups in total. The summed E-state index contributed by atoms with van der Waals surface area (Å²) < 4.78 is 51.9. The lowest BCUT2D eigenvalue weighted by Crippen LogP contribution is -2.14. The van der Waals surface area contributed by atoms with Crippen molar-refractivity contribution in [3.05, 3.63) is 46.2 Å². The number of aromatic carboxylic acids is 1. The second-order valence-electron chi connectivity index (χ2n) is 3.68. The molecule has 0 bridgehead atoms. The van der Waals surface area contributed by atoms with Gasteiger partial charge in [-0.25, -0.2) is 22.0 Å². The molecule has 5 nitrogen and oxygen atoms in total. The Bertz CT molecular complexity index is 750. The van der Waals surface area contributed by atoms with Crippen LogP contribution in [-0.4, -0.2) is 19.5 Å². The van der Waals surface area contributed by atoms with Crippen LogP contribution in [-0.2, 0) is 10.0 Å². The molecule has 106 valence electrons. The molecule has 1 heterocycles. The van der Waals surface area contributed by atoms with Gasteiger partial charge in [-0.1, -0.05) is 0 Å². The highest BCUT2D eigenvalue weighted by molar-refractivity contribution is 7.92. The fourth-order valence-electron chi connectivity index (χ4n) is 1.44. The summed E-state index contributed by atoms with van der Waals surface area (Å²) in [5.41, 5.74) is -0.160. The minimum atomic E-state index is -4.27. The van der Waals surface area contributed by atoms with Gasteiger partial charge in [0.25, 0.3) is 10.0 Å². The van der Waals surface area contributed by atoms with Crippen LogP contribution in [0.5, 0.6) is 0 Å². The number of anilines is 1. The first-order valence-corrected chi connectivity index (χ1v) is 7.45. The van der Waals surface area contributed by atoms with Crippen LogP contribution in [0.3, 0.4) is 0 Å². The average Bonchev–Trinajstić information content (AvgIpc) is 2.75. The smallest absolute Gasteiger partial charge is 0.348 e. The fraction of sp³-hybridized carbons (Fsp3) is 0. The van der Waals surface area contributed by atoms with E-state index in [2.05, 4.69) is 0 Å². The van der Waals surface area contributed by atoms with E-state index in [1.165, 1.54) is 11.4 Å². The van der Waals surface area contributed by atoms with E-state index in [0.717, 1.165) is 11.3 Å². The fourth-order valence-corrected chi connectivity index (χ4v) is 3.31. The van der Waals surface area contributed by atoms with Gasteiger partial charge in [0, 0.05) is 6.07 Å². The highest BCUT2D eigenvalue weighted by Crippen LogP contribution is 2.25. The molecule has 9 heteroatoms. The molecule has 0 spiro atoms. The molecule has 0 saturated carbocycles. The highest BCUT2D eigenvalue weighted by Gasteiger charge is 2.20. The largest absolute Gasteiger partial charge is 0.477 e. The molecular formula is C11H7F2NO4S2. The molecule has 1 aromatic carbocycles. The lowest BCUT2D eigenvalue weighted by Gasteiger charge is -2.07. The van der Waals surface area contributed by atoms with Gasteiger partial charge in [-0.05, 0) is 23.6 Å². The van der Waals surface area contributed by atoms with Crippen LogP contribution < -0.4 is 4.72 Å². The maximum Gasteiger partial charge on any atom is 0.348 e. The molecule has 0 radical (unpaired) electrons. The lowest BCUT2D eigenvalue weighted by molar-refractivity contribution is 0.0703. The van der Waals surface area contributed by atoms with E-state index in [4.69, 9.17) is 5.11 Å². The minimum Gasteiger partial charge on any atom is -0.477 e. The van der Waals surface area contributed by atoms with Crippen molar-refractivity contribution in [2.45, 2.75) is 4.90 Å². The Labute approximate surface area is 116 Å². The first-order valence-electron chi connectivity index (χ1n) is 5.09. The normalized spacial score (nSPS) is 11.3. The van der Waals surface area contributed by atoms with E-state index in [0.29, 0.717) is 18.2 Å². The Kier molecular flexibility index (Phi) is 3.73. The van der Waals surface area contributed by atoms with Gasteiger partial charge >= 0.3 is 5.97 Å². The van der Waals surface area contributed by atoms with E-state index in [1.807, 2.05) is 4.72 Å². The van der Waals surface area contributed by atoms with Gasteiger partial charge in [-0.15, -0.1) is 11.3 Å². The number of hydrogen-bond acceptors (Lipinski definition) is 4. The van der Waals surface area contributed by atoms with Crippen molar-refractivity contribution < 1.29 is 27.1 Å². The lowest BCUT2D eigenvalue weighted by atomic mass is 10.3. The van der Waals surface area contributed by atoms with Crippen molar-refractivity contribution in [2.24, 2.45) is 0 Å². The van der Waals surface area contributed by atoms with E-state index >= 15 is 0 Å². The second kappa shape index (κ2) is 5.17. The first kappa shape index (κ1) is 14.4. The SMILES string of the molecule is O=C(O)c1sccc1NS(=O)(=O)c1cc(F)cc(F)c1. The molecular weight excluding hydrogens is 312 g/mol. The third-order valence-corrected chi connectivity index (χ3v) is 4.50. The molecule has 0 aliphatic heterocycles. The van der Waals surface area contributed by atoms with Crippen LogP contribution in [0.4, 0.5) is 14.5 Å². The van der Waals surface area contributed by atoms with Crippen LogP contribution in [0.2, 0.25) is 0 Å². The third-order valence-electron chi connectivity index (χ3n) is 2.25. The number of carbonyl (C=O) groups is 1. The Morgan fingerprint density at radius 1 is 1.20 bits per heavy atom. The van der Waals surface area contributed by atoms with Crippen LogP contribution in [0.25, 0.3) is 0 Å². The molecule has 0 unspecified atom stereocenters. The Hall–Kier alpha value is -2.00. The van der Waals surface area contributed by atoms with E-state index in [-0.39, 0.29) is 10.6 Å². The summed E-state index contributed by atoms with van der Waals surface area (Å²) in [5.74, 6) is -3.40.